The van der Waals surface area contributed by atoms with Crippen LogP contribution in [-0.2, 0) is 13.1 Å². The number of nitrogen functional groups attached to an aromatic ring is 1. The molecule has 0 aliphatic carbocycles. The van der Waals surface area contributed by atoms with Gasteiger partial charge >= 0.3 is 0 Å². The minimum atomic E-state index is -0.345. The van der Waals surface area contributed by atoms with Gasteiger partial charge in [0.15, 0.2) is 5.01 Å². The number of thiazole rings is 1. The van der Waals surface area contributed by atoms with Crippen LogP contribution in [0.4, 0.5) is 0 Å². The summed E-state index contributed by atoms with van der Waals surface area (Å²) in [5.41, 5.74) is 4.21. The first kappa shape index (κ1) is 13.7. The van der Waals surface area contributed by atoms with Gasteiger partial charge in [-0.05, 0) is 12.6 Å². The van der Waals surface area contributed by atoms with Gasteiger partial charge in [-0.1, -0.05) is 30.3 Å². The zero-order chi connectivity index (χ0) is 13.7. The molecule has 1 amide bonds. The fraction of sp³-hybridized carbons (Fsp3) is 0.231. The Morgan fingerprint density at radius 1 is 1.37 bits per heavy atom. The third kappa shape index (κ3) is 3.85. The summed E-state index contributed by atoms with van der Waals surface area (Å²) in [5, 5.41) is 2.28. The molecule has 0 aliphatic rings. The van der Waals surface area contributed by atoms with E-state index < -0.39 is 0 Å². The monoisotopic (exact) mass is 276 g/mol. The average molecular weight is 276 g/mol. The largest absolute Gasteiger partial charge is 0.296 e. The van der Waals surface area contributed by atoms with Crippen molar-refractivity contribution >= 4 is 17.2 Å². The standard InChI is InChI=1S/C13H16N4OS/c1-17(7-10-5-3-2-4-6-10)8-11-9-19-13(15-11)12(18)16-14/h2-6,9H,7-8,14H2,1H3,(H,16,18). The van der Waals surface area contributed by atoms with E-state index in [0.29, 0.717) is 11.6 Å². The van der Waals surface area contributed by atoms with Gasteiger partial charge in [-0.25, -0.2) is 10.8 Å². The van der Waals surface area contributed by atoms with Crippen molar-refractivity contribution in [2.24, 2.45) is 5.84 Å². The van der Waals surface area contributed by atoms with Crippen LogP contribution < -0.4 is 11.3 Å². The highest BCUT2D eigenvalue weighted by atomic mass is 32.1. The Hall–Kier alpha value is -1.76. The van der Waals surface area contributed by atoms with E-state index in [1.165, 1.54) is 16.9 Å². The summed E-state index contributed by atoms with van der Waals surface area (Å²) < 4.78 is 0. The maximum atomic E-state index is 11.3. The number of nitrogens with zero attached hydrogens (tertiary/aromatic N) is 2. The minimum Gasteiger partial charge on any atom is -0.296 e. The number of hydrogen-bond donors (Lipinski definition) is 2. The van der Waals surface area contributed by atoms with Crippen molar-refractivity contribution in [1.82, 2.24) is 15.3 Å². The number of hydrogen-bond acceptors (Lipinski definition) is 5. The molecule has 0 atom stereocenters. The summed E-state index contributed by atoms with van der Waals surface area (Å²) >= 11 is 1.30. The normalized spacial score (nSPS) is 10.7. The molecule has 0 radical (unpaired) electrons. The first-order valence-corrected chi connectivity index (χ1v) is 6.75. The van der Waals surface area contributed by atoms with Crippen LogP contribution in [0.2, 0.25) is 0 Å². The molecule has 2 aromatic rings. The highest BCUT2D eigenvalue weighted by Gasteiger charge is 2.10. The summed E-state index contributed by atoms with van der Waals surface area (Å²) in [6, 6.07) is 10.2. The van der Waals surface area contributed by atoms with E-state index in [9.17, 15) is 4.79 Å². The molecule has 0 unspecified atom stereocenters. The lowest BCUT2D eigenvalue weighted by molar-refractivity contribution is 0.0953. The molecule has 1 aromatic heterocycles. The van der Waals surface area contributed by atoms with Crippen molar-refractivity contribution in [3.05, 3.63) is 52.0 Å². The second-order valence-corrected chi connectivity index (χ2v) is 5.13. The summed E-state index contributed by atoms with van der Waals surface area (Å²) in [6.07, 6.45) is 0. The molecule has 0 saturated heterocycles. The van der Waals surface area contributed by atoms with E-state index >= 15 is 0 Å². The Balaban J connectivity index is 1.94. The van der Waals surface area contributed by atoms with E-state index in [1.807, 2.05) is 30.6 Å². The van der Waals surface area contributed by atoms with Crippen LogP contribution in [0.3, 0.4) is 0 Å². The summed E-state index contributed by atoms with van der Waals surface area (Å²) in [5.74, 6) is 4.73. The van der Waals surface area contributed by atoms with Crippen molar-refractivity contribution < 1.29 is 4.79 Å². The van der Waals surface area contributed by atoms with Crippen LogP contribution in [0.5, 0.6) is 0 Å². The fourth-order valence-corrected chi connectivity index (χ4v) is 2.48. The number of benzene rings is 1. The Labute approximate surface area is 116 Å². The van der Waals surface area contributed by atoms with Gasteiger partial charge in [-0.3, -0.25) is 15.1 Å². The summed E-state index contributed by atoms with van der Waals surface area (Å²) in [7, 11) is 2.02. The van der Waals surface area contributed by atoms with E-state index in [1.54, 1.807) is 0 Å². The molecule has 19 heavy (non-hydrogen) atoms. The second-order valence-electron chi connectivity index (χ2n) is 4.28. The maximum Gasteiger partial charge on any atom is 0.294 e. The molecule has 5 nitrogen and oxygen atoms in total. The van der Waals surface area contributed by atoms with Crippen LogP contribution in [0.15, 0.2) is 35.7 Å². The second kappa shape index (κ2) is 6.42. The van der Waals surface area contributed by atoms with Gasteiger partial charge in [0, 0.05) is 18.5 Å². The van der Waals surface area contributed by atoms with E-state index in [-0.39, 0.29) is 5.91 Å². The van der Waals surface area contributed by atoms with Crippen LogP contribution in [-0.4, -0.2) is 22.8 Å². The molecule has 0 bridgehead atoms. The van der Waals surface area contributed by atoms with Crippen molar-refractivity contribution in [3.8, 4) is 0 Å². The molecule has 0 fully saturated rings. The van der Waals surface area contributed by atoms with Gasteiger partial charge in [-0.2, -0.15) is 0 Å². The molecule has 1 heterocycles. The zero-order valence-corrected chi connectivity index (χ0v) is 11.5. The number of hydrazine groups is 1. The average Bonchev–Trinajstić information content (AvgIpc) is 2.87. The highest BCUT2D eigenvalue weighted by molar-refractivity contribution is 7.11. The number of amides is 1. The Morgan fingerprint density at radius 2 is 2.11 bits per heavy atom. The molecular weight excluding hydrogens is 260 g/mol. The number of rotatable bonds is 5. The van der Waals surface area contributed by atoms with Gasteiger partial charge in [-0.15, -0.1) is 11.3 Å². The maximum absolute atomic E-state index is 11.3. The number of carbonyl (C=O) groups is 1. The summed E-state index contributed by atoms with van der Waals surface area (Å²) in [6.45, 7) is 1.54. The number of nitrogens with one attached hydrogen (secondary N) is 1. The summed E-state index contributed by atoms with van der Waals surface area (Å²) in [4.78, 5) is 17.7. The molecule has 1 aromatic carbocycles. The van der Waals surface area contributed by atoms with E-state index in [2.05, 4.69) is 27.4 Å². The molecule has 6 heteroatoms. The predicted molar refractivity (Wildman–Crippen MR) is 75.4 cm³/mol. The van der Waals surface area contributed by atoms with E-state index in [4.69, 9.17) is 5.84 Å². The van der Waals surface area contributed by atoms with Crippen molar-refractivity contribution in [2.45, 2.75) is 13.1 Å². The topological polar surface area (TPSA) is 71.2 Å². The van der Waals surface area contributed by atoms with Gasteiger partial charge in [0.1, 0.15) is 0 Å². The number of carbonyl (C=O) groups excluding carboxylic acids is 1. The lowest BCUT2D eigenvalue weighted by atomic mass is 10.2. The third-order valence-corrected chi connectivity index (χ3v) is 3.49. The fourth-order valence-electron chi connectivity index (χ4n) is 1.77. The first-order valence-electron chi connectivity index (χ1n) is 5.87. The van der Waals surface area contributed by atoms with E-state index in [0.717, 1.165) is 12.2 Å². The van der Waals surface area contributed by atoms with Crippen LogP contribution in [0.1, 0.15) is 21.1 Å². The van der Waals surface area contributed by atoms with Crippen molar-refractivity contribution in [1.29, 1.82) is 0 Å². The molecule has 2 rings (SSSR count). The molecule has 3 N–H and O–H groups in total. The van der Waals surface area contributed by atoms with Gasteiger partial charge in [0.05, 0.1) is 5.69 Å². The SMILES string of the molecule is CN(Cc1ccccc1)Cc1csc(C(=O)NN)n1. The smallest absolute Gasteiger partial charge is 0.294 e. The lowest BCUT2D eigenvalue weighted by Crippen LogP contribution is -2.29. The predicted octanol–water partition coefficient (Wildman–Crippen LogP) is 1.38. The zero-order valence-electron chi connectivity index (χ0n) is 10.7. The Kier molecular flexibility index (Phi) is 4.62. The van der Waals surface area contributed by atoms with Crippen LogP contribution in [0, 0.1) is 0 Å². The van der Waals surface area contributed by atoms with Gasteiger partial charge in [0.2, 0.25) is 0 Å². The van der Waals surface area contributed by atoms with Crippen LogP contribution in [0.25, 0.3) is 0 Å². The van der Waals surface area contributed by atoms with Crippen molar-refractivity contribution in [2.75, 3.05) is 7.05 Å². The Bertz CT molecular complexity index is 541. The Morgan fingerprint density at radius 3 is 2.79 bits per heavy atom. The lowest BCUT2D eigenvalue weighted by Gasteiger charge is -2.15. The molecular formula is C13H16N4OS. The highest BCUT2D eigenvalue weighted by Crippen LogP contribution is 2.12. The number of nitrogens with two attached hydrogens (primary N) is 1. The third-order valence-electron chi connectivity index (χ3n) is 2.60. The van der Waals surface area contributed by atoms with Crippen molar-refractivity contribution in [3.63, 3.8) is 0 Å². The molecule has 100 valence electrons. The minimum absolute atomic E-state index is 0.345. The van der Waals surface area contributed by atoms with Gasteiger partial charge < -0.3 is 0 Å². The number of aromatic nitrogens is 1. The molecule has 0 saturated carbocycles. The molecule has 0 spiro atoms. The molecule has 0 aliphatic heterocycles. The van der Waals surface area contributed by atoms with Crippen LogP contribution >= 0.6 is 11.3 Å². The van der Waals surface area contributed by atoms with Gasteiger partial charge in [0.25, 0.3) is 5.91 Å². The first-order chi connectivity index (χ1) is 9.19. The quantitative estimate of drug-likeness (QED) is 0.492.